The van der Waals surface area contributed by atoms with Crippen molar-refractivity contribution in [1.82, 2.24) is 0 Å². The van der Waals surface area contributed by atoms with Gasteiger partial charge in [0.05, 0.1) is 27.7 Å². The molecule has 0 aliphatic heterocycles. The van der Waals surface area contributed by atoms with Gasteiger partial charge < -0.3 is 18.9 Å². The van der Waals surface area contributed by atoms with Crippen molar-refractivity contribution in [2.75, 3.05) is 47.5 Å². The van der Waals surface area contributed by atoms with Gasteiger partial charge >= 0.3 is 19.8 Å². The summed E-state index contributed by atoms with van der Waals surface area (Å²) in [6, 6.07) is 0. The molecule has 0 aliphatic rings. The zero-order valence-corrected chi connectivity index (χ0v) is 67.8. The van der Waals surface area contributed by atoms with E-state index < -0.39 is 26.5 Å². The molecule has 0 spiro atoms. The first kappa shape index (κ1) is 98.3. The smallest absolute Gasteiger partial charge is 0.462 e. The molecule has 9 nitrogen and oxygen atoms in total. The van der Waals surface area contributed by atoms with Gasteiger partial charge in [-0.15, -0.1) is 0 Å². The summed E-state index contributed by atoms with van der Waals surface area (Å²) in [6.07, 6.45) is 130. The van der Waals surface area contributed by atoms with Gasteiger partial charge in [0.1, 0.15) is 19.8 Å². The number of carbonyl (C=O) groups excluding carboxylic acids is 2. The third-order valence-corrected chi connectivity index (χ3v) is 18.0. The lowest BCUT2D eigenvalue weighted by Crippen LogP contribution is -2.37. The van der Waals surface area contributed by atoms with Gasteiger partial charge in [-0.1, -0.05) is 361 Å². The van der Waals surface area contributed by atoms with Crippen LogP contribution in [0.5, 0.6) is 0 Å². The molecule has 0 rings (SSSR count). The minimum absolute atomic E-state index is 0.0137. The molecule has 0 aromatic carbocycles. The van der Waals surface area contributed by atoms with Crippen LogP contribution in [0.2, 0.25) is 0 Å². The second kappa shape index (κ2) is 81.4. The maximum atomic E-state index is 12.9. The summed E-state index contributed by atoms with van der Waals surface area (Å²) >= 11 is 0. The second-order valence-electron chi connectivity index (χ2n) is 28.0. The molecule has 104 heavy (non-hydrogen) atoms. The van der Waals surface area contributed by atoms with E-state index in [1.807, 2.05) is 21.1 Å². The lowest BCUT2D eigenvalue weighted by atomic mass is 10.0. The predicted octanol–water partition coefficient (Wildman–Crippen LogP) is 28.3. The third kappa shape index (κ3) is 85.3. The molecule has 2 atom stereocenters. The number of allylic oxidation sites excluding steroid dienone is 36. The van der Waals surface area contributed by atoms with E-state index in [0.29, 0.717) is 17.4 Å². The Morgan fingerprint density at radius 3 is 0.788 bits per heavy atom. The molecule has 0 amide bonds. The van der Waals surface area contributed by atoms with Crippen LogP contribution in [-0.4, -0.2) is 74.9 Å². The number of rotatable bonds is 74. The number of likely N-dealkylation sites (N-methyl/N-ethyl adjacent to an activating group) is 1. The van der Waals surface area contributed by atoms with Gasteiger partial charge in [-0.25, -0.2) is 4.57 Å². The van der Waals surface area contributed by atoms with E-state index in [0.717, 1.165) is 148 Å². The van der Waals surface area contributed by atoms with E-state index in [1.165, 1.54) is 128 Å². The minimum atomic E-state index is -4.42. The largest absolute Gasteiger partial charge is 0.472 e. The van der Waals surface area contributed by atoms with Gasteiger partial charge in [-0.2, -0.15) is 0 Å². The van der Waals surface area contributed by atoms with Gasteiger partial charge in [0.15, 0.2) is 6.10 Å². The quantitative estimate of drug-likeness (QED) is 0.0211. The summed E-state index contributed by atoms with van der Waals surface area (Å²) in [4.78, 5) is 36.0. The topological polar surface area (TPSA) is 108 Å². The number of phosphoric ester groups is 1. The van der Waals surface area contributed by atoms with Crippen LogP contribution in [0.4, 0.5) is 0 Å². The van der Waals surface area contributed by atoms with E-state index in [-0.39, 0.29) is 32.0 Å². The highest BCUT2D eigenvalue weighted by molar-refractivity contribution is 7.47. The van der Waals surface area contributed by atoms with Crippen LogP contribution < -0.4 is 0 Å². The van der Waals surface area contributed by atoms with Crippen LogP contribution in [0.15, 0.2) is 219 Å². The minimum Gasteiger partial charge on any atom is -0.462 e. The van der Waals surface area contributed by atoms with Gasteiger partial charge in [0.2, 0.25) is 0 Å². The maximum Gasteiger partial charge on any atom is 0.472 e. The lowest BCUT2D eigenvalue weighted by molar-refractivity contribution is -0.870. The fourth-order valence-electron chi connectivity index (χ4n) is 10.8. The van der Waals surface area contributed by atoms with E-state index in [4.69, 9.17) is 18.5 Å². The van der Waals surface area contributed by atoms with E-state index >= 15 is 0 Å². The number of ether oxygens (including phenoxy) is 2. The maximum absolute atomic E-state index is 12.9. The molecular weight excluding hydrogens is 1300 g/mol. The molecule has 0 saturated carbocycles. The van der Waals surface area contributed by atoms with Crippen molar-refractivity contribution in [2.45, 2.75) is 315 Å². The highest BCUT2D eigenvalue weighted by Gasteiger charge is 2.27. The monoisotopic (exact) mass is 1460 g/mol. The molecule has 586 valence electrons. The van der Waals surface area contributed by atoms with Crippen molar-refractivity contribution < 1.29 is 42.1 Å². The zero-order valence-electron chi connectivity index (χ0n) is 66.9. The Morgan fingerprint density at radius 1 is 0.298 bits per heavy atom. The van der Waals surface area contributed by atoms with Gasteiger partial charge in [0, 0.05) is 12.8 Å². The van der Waals surface area contributed by atoms with E-state index in [9.17, 15) is 19.0 Å². The normalized spacial score (nSPS) is 14.2. The van der Waals surface area contributed by atoms with Crippen LogP contribution in [0, 0.1) is 0 Å². The average Bonchev–Trinajstić information content (AvgIpc) is 0.915. The number of hydrogen-bond donors (Lipinski definition) is 1. The van der Waals surface area contributed by atoms with Crippen LogP contribution in [0.3, 0.4) is 0 Å². The summed E-state index contributed by atoms with van der Waals surface area (Å²) in [5, 5.41) is 0. The van der Waals surface area contributed by atoms with Crippen molar-refractivity contribution in [2.24, 2.45) is 0 Å². The molecule has 2 unspecified atom stereocenters. The number of nitrogens with zero attached hydrogens (tertiary/aromatic N) is 1. The molecule has 0 fully saturated rings. The molecule has 0 bridgehead atoms. The molecule has 0 heterocycles. The number of quaternary nitrogens is 1. The summed E-state index contributed by atoms with van der Waals surface area (Å²) in [5.41, 5.74) is 0. The summed E-state index contributed by atoms with van der Waals surface area (Å²) in [7, 11) is 1.43. The molecule has 0 aromatic heterocycles. The van der Waals surface area contributed by atoms with Crippen LogP contribution in [0.1, 0.15) is 309 Å². The Balaban J connectivity index is 4.08. The number of phosphoric acid groups is 1. The van der Waals surface area contributed by atoms with E-state index in [2.05, 4.69) is 233 Å². The molecule has 0 radical (unpaired) electrons. The van der Waals surface area contributed by atoms with Gasteiger partial charge in [0.25, 0.3) is 0 Å². The zero-order chi connectivity index (χ0) is 75.4. The lowest BCUT2D eigenvalue weighted by Gasteiger charge is -2.24. The van der Waals surface area contributed by atoms with E-state index in [1.54, 1.807) is 0 Å². The highest BCUT2D eigenvalue weighted by Crippen LogP contribution is 2.43. The first-order valence-electron chi connectivity index (χ1n) is 41.5. The summed E-state index contributed by atoms with van der Waals surface area (Å²) in [6.45, 7) is 4.15. The highest BCUT2D eigenvalue weighted by atomic mass is 31.2. The Kier molecular flexibility index (Phi) is 77.0. The Bertz CT molecular complexity index is 2570. The molecule has 10 heteroatoms. The average molecular weight is 1460 g/mol. The van der Waals surface area contributed by atoms with Crippen LogP contribution >= 0.6 is 7.82 Å². The molecule has 0 saturated heterocycles. The van der Waals surface area contributed by atoms with Crippen LogP contribution in [-0.2, 0) is 32.7 Å². The fraction of sp³-hybridized carbons (Fsp3) is 0.596. The first-order chi connectivity index (χ1) is 51.0. The molecule has 0 aromatic rings. The predicted molar refractivity (Wildman–Crippen MR) is 454 cm³/mol. The standard InChI is InChI=1S/C94H152NO8P/c1-6-8-10-12-14-16-18-20-22-24-26-28-30-32-34-36-38-40-42-44-46-47-49-50-52-54-56-58-60-62-64-66-68-70-72-74-76-78-80-82-84-86-93(96)100-90-92(91-102-104(98,99)101-89-88-95(3,4)5)103-94(97)87-85-83-81-79-77-75-73-71-69-67-65-63-61-59-57-55-53-51-48-45-43-41-39-37-35-33-31-29-27-25-23-21-19-17-15-13-11-9-7-2/h8-11,14-17,20-23,26-29,32-35,38-41,45,48,53,55,59,61,65,67,71,73,77,79,92H,6-7,12-13,18-19,24-25,30-31,36-37,42-44,46-47,49-52,54,56-58,60,62-64,66,68-70,72,74-76,78,80-91H2,1-5H3/p+1/b10-8-,11-9-,16-14-,17-15-,22-20-,23-21-,28-26-,29-27-,34-32-,35-33-,40-38-,41-39-,48-45-,55-53-,61-59-,67-65-,73-71-,79-77-. The summed E-state index contributed by atoms with van der Waals surface area (Å²) < 4.78 is 34.8. The number of carbonyl (C=O) groups is 2. The Hall–Kier alpha value is -5.67. The Morgan fingerprint density at radius 2 is 0.519 bits per heavy atom. The van der Waals surface area contributed by atoms with Crippen LogP contribution in [0.25, 0.3) is 0 Å². The van der Waals surface area contributed by atoms with Crippen molar-refractivity contribution in [3.8, 4) is 0 Å². The number of unbranched alkanes of at least 4 members (excludes halogenated alkanes) is 24. The first-order valence-corrected chi connectivity index (χ1v) is 43.0. The van der Waals surface area contributed by atoms with Crippen molar-refractivity contribution in [3.63, 3.8) is 0 Å². The third-order valence-electron chi connectivity index (χ3n) is 17.0. The van der Waals surface area contributed by atoms with Crippen molar-refractivity contribution in [1.29, 1.82) is 0 Å². The SMILES string of the molecule is CC/C=C\C/C=C\C/C=C\C/C=C\C/C=C\C/C=C\C/C=C\C/C=C\C/C=C\C/C=C\C/C=C\C/C=C\CCCCC(=O)OC(COC(=O)CCCCCCCCCCCCCCCCCCCCCCCC/C=C\C/C=C\C/C=C\C/C=C\C/C=C\C/C=C\CC)COP(=O)(O)OCC[N+](C)(C)C. The fourth-order valence-corrected chi connectivity index (χ4v) is 11.5. The number of hydrogen-bond acceptors (Lipinski definition) is 7. The summed E-state index contributed by atoms with van der Waals surface area (Å²) in [5.74, 6) is -0.854. The number of esters is 2. The van der Waals surface area contributed by atoms with Gasteiger partial charge in [-0.3, -0.25) is 18.6 Å². The molecular formula is C94H153NO8P+. The molecule has 0 aliphatic carbocycles. The van der Waals surface area contributed by atoms with Crippen molar-refractivity contribution in [3.05, 3.63) is 219 Å². The van der Waals surface area contributed by atoms with Crippen molar-refractivity contribution >= 4 is 19.8 Å². The van der Waals surface area contributed by atoms with Gasteiger partial charge in [-0.05, 0) is 154 Å². The Labute approximate surface area is 639 Å². The second-order valence-corrected chi connectivity index (χ2v) is 29.5. The molecule has 1 N–H and O–H groups in total.